The minimum Gasteiger partial charge on any atom is -0.355 e. The maximum absolute atomic E-state index is 12.3. The molecule has 30 heavy (non-hydrogen) atoms. The van der Waals surface area contributed by atoms with Gasteiger partial charge in [-0.1, -0.05) is 29.8 Å². The highest BCUT2D eigenvalue weighted by atomic mass is 32.2. The van der Waals surface area contributed by atoms with Gasteiger partial charge in [0.05, 0.1) is 11.9 Å². The molecule has 0 spiro atoms. The number of nitrogens with zero attached hydrogens (tertiary/aromatic N) is 2. The molecule has 0 fully saturated rings. The number of nitrogens with one attached hydrogen (secondary N) is 1. The lowest BCUT2D eigenvalue weighted by molar-refractivity contribution is -0.119. The molecule has 8 heteroatoms. The Morgan fingerprint density at radius 3 is 2.10 bits per heavy atom. The van der Waals surface area contributed by atoms with E-state index in [-0.39, 0.29) is 18.4 Å². The average Bonchev–Trinajstić information content (AvgIpc) is 2.69. The topological polar surface area (TPSA) is 86.8 Å². The van der Waals surface area contributed by atoms with Crippen molar-refractivity contribution in [3.05, 3.63) is 65.2 Å². The predicted molar refractivity (Wildman–Crippen MR) is 119 cm³/mol. The fourth-order valence-electron chi connectivity index (χ4n) is 2.89. The van der Waals surface area contributed by atoms with Gasteiger partial charge in [-0.2, -0.15) is 0 Å². The zero-order valence-corrected chi connectivity index (χ0v) is 18.7. The first-order chi connectivity index (χ1) is 14.1. The number of hydrogen-bond donors (Lipinski definition) is 1. The fraction of sp³-hybridized carbons (Fsp3) is 0.364. The second kappa shape index (κ2) is 10.2. The molecular formula is C22H29N3O4S. The molecule has 1 N–H and O–H groups in total. The van der Waals surface area contributed by atoms with Crippen LogP contribution >= 0.6 is 0 Å². The quantitative estimate of drug-likeness (QED) is 0.617. The van der Waals surface area contributed by atoms with E-state index in [4.69, 9.17) is 0 Å². The zero-order valence-electron chi connectivity index (χ0n) is 17.9. The lowest BCUT2D eigenvalue weighted by atomic mass is 10.1. The molecule has 0 aliphatic rings. The standard InChI is InChI=1S/C22H29N3O4S/c1-17-7-9-18(10-8-17)6-5-15-23-21(26)16-25(30(4,28)29)20-13-11-19(12-14-20)22(27)24(2)3/h7-14H,5-6,15-16H2,1-4H3,(H,23,26). The maximum atomic E-state index is 12.3. The van der Waals surface area contributed by atoms with Crippen LogP contribution in [0.15, 0.2) is 48.5 Å². The van der Waals surface area contributed by atoms with Crippen molar-refractivity contribution in [2.24, 2.45) is 0 Å². The van der Waals surface area contributed by atoms with Crippen molar-refractivity contribution < 1.29 is 18.0 Å². The van der Waals surface area contributed by atoms with E-state index < -0.39 is 10.0 Å². The summed E-state index contributed by atoms with van der Waals surface area (Å²) in [6.07, 6.45) is 2.64. The van der Waals surface area contributed by atoms with Gasteiger partial charge in [0.1, 0.15) is 6.54 Å². The third-order valence-electron chi connectivity index (χ3n) is 4.58. The van der Waals surface area contributed by atoms with E-state index >= 15 is 0 Å². The Morgan fingerprint density at radius 2 is 1.57 bits per heavy atom. The minimum absolute atomic E-state index is 0.182. The Morgan fingerprint density at radius 1 is 0.967 bits per heavy atom. The Balaban J connectivity index is 1.95. The molecular weight excluding hydrogens is 402 g/mol. The first-order valence-electron chi connectivity index (χ1n) is 9.69. The highest BCUT2D eigenvalue weighted by molar-refractivity contribution is 7.92. The zero-order chi connectivity index (χ0) is 22.3. The molecule has 2 aromatic rings. The molecule has 0 saturated heterocycles. The van der Waals surface area contributed by atoms with E-state index in [1.54, 1.807) is 26.2 Å². The van der Waals surface area contributed by atoms with Gasteiger partial charge in [-0.3, -0.25) is 13.9 Å². The number of anilines is 1. The van der Waals surface area contributed by atoms with Crippen LogP contribution in [0.2, 0.25) is 0 Å². The third kappa shape index (κ3) is 6.88. The molecule has 7 nitrogen and oxygen atoms in total. The number of amides is 2. The third-order valence-corrected chi connectivity index (χ3v) is 5.72. The van der Waals surface area contributed by atoms with Crippen molar-refractivity contribution in [3.63, 3.8) is 0 Å². The van der Waals surface area contributed by atoms with Gasteiger partial charge in [0, 0.05) is 26.2 Å². The summed E-state index contributed by atoms with van der Waals surface area (Å²) in [6.45, 7) is 2.18. The van der Waals surface area contributed by atoms with Gasteiger partial charge >= 0.3 is 0 Å². The summed E-state index contributed by atoms with van der Waals surface area (Å²) in [5, 5.41) is 2.78. The molecule has 0 atom stereocenters. The Hall–Kier alpha value is -2.87. The van der Waals surface area contributed by atoms with Crippen molar-refractivity contribution in [2.45, 2.75) is 19.8 Å². The smallest absolute Gasteiger partial charge is 0.253 e. The molecule has 0 aliphatic carbocycles. The summed E-state index contributed by atoms with van der Waals surface area (Å²) in [7, 11) is -0.381. The molecule has 0 saturated carbocycles. The van der Waals surface area contributed by atoms with Crippen LogP contribution in [0, 0.1) is 6.92 Å². The van der Waals surface area contributed by atoms with E-state index in [2.05, 4.69) is 29.6 Å². The normalized spacial score (nSPS) is 11.1. The lowest BCUT2D eigenvalue weighted by Crippen LogP contribution is -2.40. The molecule has 0 radical (unpaired) electrons. The Bertz CT molecular complexity index is 968. The van der Waals surface area contributed by atoms with Crippen molar-refractivity contribution >= 4 is 27.5 Å². The van der Waals surface area contributed by atoms with Crippen LogP contribution < -0.4 is 9.62 Å². The van der Waals surface area contributed by atoms with Gasteiger partial charge in [0.15, 0.2) is 0 Å². The van der Waals surface area contributed by atoms with Crippen LogP contribution in [-0.4, -0.2) is 58.6 Å². The fourth-order valence-corrected chi connectivity index (χ4v) is 3.75. The minimum atomic E-state index is -3.66. The molecule has 0 aromatic heterocycles. The van der Waals surface area contributed by atoms with E-state index in [1.165, 1.54) is 28.2 Å². The monoisotopic (exact) mass is 431 g/mol. The number of sulfonamides is 1. The summed E-state index contributed by atoms with van der Waals surface area (Å²) in [4.78, 5) is 25.7. The van der Waals surface area contributed by atoms with Crippen LogP contribution in [0.3, 0.4) is 0 Å². The molecule has 0 heterocycles. The summed E-state index contributed by atoms with van der Waals surface area (Å²) >= 11 is 0. The van der Waals surface area contributed by atoms with Crippen LogP contribution in [0.1, 0.15) is 27.9 Å². The van der Waals surface area contributed by atoms with E-state index in [0.29, 0.717) is 17.8 Å². The summed E-state index contributed by atoms with van der Waals surface area (Å²) in [6, 6.07) is 14.4. The number of hydrogen-bond acceptors (Lipinski definition) is 4. The van der Waals surface area contributed by atoms with Gasteiger partial charge in [0.2, 0.25) is 15.9 Å². The van der Waals surface area contributed by atoms with Crippen molar-refractivity contribution in [1.29, 1.82) is 0 Å². The summed E-state index contributed by atoms with van der Waals surface area (Å²) < 4.78 is 25.4. The predicted octanol–water partition coefficient (Wildman–Crippen LogP) is 2.21. The largest absolute Gasteiger partial charge is 0.355 e. The molecule has 2 rings (SSSR count). The number of carbonyl (C=O) groups is 2. The van der Waals surface area contributed by atoms with Gasteiger partial charge in [-0.05, 0) is 49.6 Å². The van der Waals surface area contributed by atoms with Crippen LogP contribution in [0.5, 0.6) is 0 Å². The van der Waals surface area contributed by atoms with Crippen LogP contribution in [-0.2, 0) is 21.2 Å². The number of benzene rings is 2. The first kappa shape index (κ1) is 23.4. The highest BCUT2D eigenvalue weighted by Crippen LogP contribution is 2.18. The van der Waals surface area contributed by atoms with Crippen molar-refractivity contribution in [3.8, 4) is 0 Å². The summed E-state index contributed by atoms with van der Waals surface area (Å²) in [5.74, 6) is -0.559. The van der Waals surface area contributed by atoms with E-state index in [9.17, 15) is 18.0 Å². The van der Waals surface area contributed by atoms with Gasteiger partial charge < -0.3 is 10.2 Å². The van der Waals surface area contributed by atoms with Gasteiger partial charge in [0.25, 0.3) is 5.91 Å². The molecule has 0 bridgehead atoms. The van der Waals surface area contributed by atoms with Crippen LogP contribution in [0.25, 0.3) is 0 Å². The first-order valence-corrected chi connectivity index (χ1v) is 11.5. The Labute approximate surface area is 178 Å². The summed E-state index contributed by atoms with van der Waals surface area (Å²) in [5.41, 5.74) is 3.17. The molecule has 0 aliphatic heterocycles. The van der Waals surface area contributed by atoms with Crippen molar-refractivity contribution in [2.75, 3.05) is 37.7 Å². The Kier molecular flexibility index (Phi) is 8.00. The van der Waals surface area contributed by atoms with Crippen molar-refractivity contribution in [1.82, 2.24) is 10.2 Å². The van der Waals surface area contributed by atoms with Crippen LogP contribution in [0.4, 0.5) is 5.69 Å². The maximum Gasteiger partial charge on any atom is 0.253 e. The average molecular weight is 432 g/mol. The molecule has 162 valence electrons. The number of aryl methyl sites for hydroxylation is 2. The highest BCUT2D eigenvalue weighted by Gasteiger charge is 2.21. The van der Waals surface area contributed by atoms with E-state index in [0.717, 1.165) is 23.4 Å². The van der Waals surface area contributed by atoms with Gasteiger partial charge in [-0.25, -0.2) is 8.42 Å². The second-order valence-corrected chi connectivity index (χ2v) is 9.36. The number of rotatable bonds is 9. The molecule has 2 aromatic carbocycles. The van der Waals surface area contributed by atoms with E-state index in [1.807, 2.05) is 6.92 Å². The number of carbonyl (C=O) groups excluding carboxylic acids is 2. The second-order valence-electron chi connectivity index (χ2n) is 7.46. The molecule has 2 amide bonds. The van der Waals surface area contributed by atoms with Gasteiger partial charge in [-0.15, -0.1) is 0 Å². The SMILES string of the molecule is Cc1ccc(CCCNC(=O)CN(c2ccc(C(=O)N(C)C)cc2)S(C)(=O)=O)cc1. The lowest BCUT2D eigenvalue weighted by Gasteiger charge is -2.22. The molecule has 0 unspecified atom stereocenters.